The van der Waals surface area contributed by atoms with Crippen LogP contribution < -0.4 is 20.9 Å². The summed E-state index contributed by atoms with van der Waals surface area (Å²) >= 11 is 5.96. The fourth-order valence-corrected chi connectivity index (χ4v) is 3.65. The summed E-state index contributed by atoms with van der Waals surface area (Å²) in [5, 5.41) is 6.75. The van der Waals surface area contributed by atoms with Gasteiger partial charge < -0.3 is 15.4 Å². The Bertz CT molecular complexity index is 1370. The van der Waals surface area contributed by atoms with Crippen molar-refractivity contribution in [1.82, 2.24) is 19.9 Å². The highest BCUT2D eigenvalue weighted by molar-refractivity contribution is 6.30. The number of fused-ring (bicyclic) bond motifs is 1. The number of amides is 1. The van der Waals surface area contributed by atoms with Crippen molar-refractivity contribution in [3.63, 3.8) is 0 Å². The zero-order valence-electron chi connectivity index (χ0n) is 18.8. The first-order valence-corrected chi connectivity index (χ1v) is 11.1. The van der Waals surface area contributed by atoms with Crippen LogP contribution >= 0.6 is 11.6 Å². The molecule has 0 aliphatic heterocycles. The van der Waals surface area contributed by atoms with Crippen LogP contribution in [0.4, 0.5) is 5.69 Å². The van der Waals surface area contributed by atoms with E-state index in [-0.39, 0.29) is 18.0 Å². The van der Waals surface area contributed by atoms with Crippen LogP contribution in [0.2, 0.25) is 5.02 Å². The predicted octanol–water partition coefficient (Wildman–Crippen LogP) is 3.87. The van der Waals surface area contributed by atoms with Crippen LogP contribution in [0.1, 0.15) is 12.5 Å². The second-order valence-corrected chi connectivity index (χ2v) is 8.11. The Balaban J connectivity index is 1.72. The van der Waals surface area contributed by atoms with E-state index in [9.17, 15) is 9.59 Å². The average Bonchev–Trinajstić information content (AvgIpc) is 2.84. The summed E-state index contributed by atoms with van der Waals surface area (Å²) in [7, 11) is 1.59. The third-order valence-corrected chi connectivity index (χ3v) is 5.52. The predicted molar refractivity (Wildman–Crippen MR) is 133 cm³/mol. The van der Waals surface area contributed by atoms with Crippen molar-refractivity contribution >= 4 is 34.4 Å². The standard InChI is InChI=1S/C25H24ClN5O3/c1-16(32)27-11-12-31-24-22(30-23(25(31)33)18-5-9-21(34-2)10-6-18)13-20(15-29-24)28-14-17-3-7-19(26)8-4-17/h3-10,13,15,28H,11-12,14H2,1-2H3,(H,27,32). The van der Waals surface area contributed by atoms with Gasteiger partial charge in [0.15, 0.2) is 5.65 Å². The summed E-state index contributed by atoms with van der Waals surface area (Å²) in [5.41, 5.74) is 3.53. The van der Waals surface area contributed by atoms with Gasteiger partial charge in [-0.1, -0.05) is 23.7 Å². The highest BCUT2D eigenvalue weighted by atomic mass is 35.5. The molecule has 4 aromatic rings. The van der Waals surface area contributed by atoms with E-state index in [1.54, 1.807) is 42.1 Å². The minimum Gasteiger partial charge on any atom is -0.497 e. The van der Waals surface area contributed by atoms with Gasteiger partial charge in [0.05, 0.1) is 19.0 Å². The molecule has 2 heterocycles. The largest absolute Gasteiger partial charge is 0.497 e. The van der Waals surface area contributed by atoms with E-state index in [0.717, 1.165) is 11.3 Å². The van der Waals surface area contributed by atoms with Gasteiger partial charge in [0.25, 0.3) is 5.56 Å². The molecule has 0 saturated carbocycles. The summed E-state index contributed by atoms with van der Waals surface area (Å²) in [6.45, 7) is 2.59. The number of carbonyl (C=O) groups is 1. The zero-order valence-corrected chi connectivity index (χ0v) is 19.6. The molecule has 9 heteroatoms. The van der Waals surface area contributed by atoms with Gasteiger partial charge in [-0.15, -0.1) is 0 Å². The summed E-state index contributed by atoms with van der Waals surface area (Å²) in [4.78, 5) is 33.8. The number of anilines is 1. The van der Waals surface area contributed by atoms with Gasteiger partial charge in [0.2, 0.25) is 5.91 Å². The fraction of sp³-hybridized carbons (Fsp3) is 0.200. The Hall–Kier alpha value is -3.91. The second kappa shape index (κ2) is 10.4. The molecule has 0 atom stereocenters. The molecule has 34 heavy (non-hydrogen) atoms. The van der Waals surface area contributed by atoms with Crippen molar-refractivity contribution in [3.8, 4) is 17.0 Å². The maximum Gasteiger partial charge on any atom is 0.278 e. The quantitative estimate of drug-likeness (QED) is 0.400. The van der Waals surface area contributed by atoms with E-state index in [0.29, 0.717) is 46.3 Å². The van der Waals surface area contributed by atoms with E-state index >= 15 is 0 Å². The number of ether oxygens (including phenoxy) is 1. The molecule has 2 aromatic heterocycles. The first kappa shape index (κ1) is 23.3. The summed E-state index contributed by atoms with van der Waals surface area (Å²) < 4.78 is 6.76. The Kier molecular flexibility index (Phi) is 7.08. The molecule has 0 bridgehead atoms. The lowest BCUT2D eigenvalue weighted by atomic mass is 10.1. The summed E-state index contributed by atoms with van der Waals surface area (Å²) in [5.74, 6) is 0.523. The number of hydrogen-bond donors (Lipinski definition) is 2. The summed E-state index contributed by atoms with van der Waals surface area (Å²) in [6, 6.07) is 16.6. The Morgan fingerprint density at radius 3 is 2.53 bits per heavy atom. The normalized spacial score (nSPS) is 10.8. The maximum atomic E-state index is 13.3. The maximum absolute atomic E-state index is 13.3. The van der Waals surface area contributed by atoms with Gasteiger partial charge in [-0.3, -0.25) is 14.2 Å². The van der Waals surface area contributed by atoms with E-state index in [2.05, 4.69) is 20.6 Å². The topological polar surface area (TPSA) is 98.1 Å². The number of rotatable bonds is 8. The van der Waals surface area contributed by atoms with Crippen molar-refractivity contribution in [2.75, 3.05) is 19.0 Å². The molecular formula is C25H24ClN5O3. The number of benzene rings is 2. The van der Waals surface area contributed by atoms with Gasteiger partial charge in [-0.05, 0) is 48.0 Å². The highest BCUT2D eigenvalue weighted by Crippen LogP contribution is 2.22. The molecule has 0 spiro atoms. The minimum atomic E-state index is -0.280. The molecule has 0 aliphatic rings. The highest BCUT2D eigenvalue weighted by Gasteiger charge is 2.15. The first-order valence-electron chi connectivity index (χ1n) is 10.7. The third kappa shape index (κ3) is 5.35. The Labute approximate surface area is 201 Å². The number of aromatic nitrogens is 3. The number of halogens is 1. The number of carbonyl (C=O) groups excluding carboxylic acids is 1. The van der Waals surface area contributed by atoms with Crippen molar-refractivity contribution in [2.45, 2.75) is 20.0 Å². The van der Waals surface area contributed by atoms with E-state index in [4.69, 9.17) is 16.3 Å². The van der Waals surface area contributed by atoms with Crippen LogP contribution in [0, 0.1) is 0 Å². The molecule has 0 aliphatic carbocycles. The monoisotopic (exact) mass is 477 g/mol. The smallest absolute Gasteiger partial charge is 0.278 e. The van der Waals surface area contributed by atoms with Gasteiger partial charge in [0.1, 0.15) is 17.0 Å². The number of nitrogens with zero attached hydrogens (tertiary/aromatic N) is 3. The third-order valence-electron chi connectivity index (χ3n) is 5.27. The molecule has 0 saturated heterocycles. The van der Waals surface area contributed by atoms with Crippen LogP contribution in [0.5, 0.6) is 5.75 Å². The minimum absolute atomic E-state index is 0.163. The van der Waals surface area contributed by atoms with Crippen molar-refractivity contribution in [1.29, 1.82) is 0 Å². The van der Waals surface area contributed by atoms with E-state index < -0.39 is 0 Å². The SMILES string of the molecule is COc1ccc(-c2nc3cc(NCc4ccc(Cl)cc4)cnc3n(CCNC(C)=O)c2=O)cc1. The molecule has 2 N–H and O–H groups in total. The molecule has 1 amide bonds. The van der Waals surface area contributed by atoms with Gasteiger partial charge >= 0.3 is 0 Å². The lowest BCUT2D eigenvalue weighted by Crippen LogP contribution is -2.31. The Morgan fingerprint density at radius 2 is 1.85 bits per heavy atom. The molecule has 8 nitrogen and oxygen atoms in total. The zero-order chi connectivity index (χ0) is 24.1. The van der Waals surface area contributed by atoms with Gasteiger partial charge in [0, 0.05) is 37.1 Å². The lowest BCUT2D eigenvalue weighted by Gasteiger charge is -2.14. The van der Waals surface area contributed by atoms with Crippen molar-refractivity contribution in [3.05, 3.63) is 81.7 Å². The molecule has 4 rings (SSSR count). The molecular weight excluding hydrogens is 454 g/mol. The van der Waals surface area contributed by atoms with Crippen LogP contribution in [0.3, 0.4) is 0 Å². The fourth-order valence-electron chi connectivity index (χ4n) is 3.52. The lowest BCUT2D eigenvalue weighted by molar-refractivity contribution is -0.118. The van der Waals surface area contributed by atoms with Crippen LogP contribution in [-0.4, -0.2) is 34.1 Å². The molecule has 0 unspecified atom stereocenters. The number of nitrogens with one attached hydrogen (secondary N) is 2. The van der Waals surface area contributed by atoms with Crippen molar-refractivity contribution in [2.24, 2.45) is 0 Å². The van der Waals surface area contributed by atoms with Crippen molar-refractivity contribution < 1.29 is 9.53 Å². The number of pyridine rings is 1. The average molecular weight is 478 g/mol. The van der Waals surface area contributed by atoms with E-state index in [1.165, 1.54) is 6.92 Å². The molecule has 2 aromatic carbocycles. The number of hydrogen-bond acceptors (Lipinski definition) is 6. The van der Waals surface area contributed by atoms with Gasteiger partial charge in [-0.2, -0.15) is 0 Å². The molecule has 174 valence electrons. The molecule has 0 fully saturated rings. The first-order chi connectivity index (χ1) is 16.4. The van der Waals surface area contributed by atoms with Crippen LogP contribution in [-0.2, 0) is 17.9 Å². The summed E-state index contributed by atoms with van der Waals surface area (Å²) in [6.07, 6.45) is 1.67. The van der Waals surface area contributed by atoms with Crippen LogP contribution in [0.25, 0.3) is 22.4 Å². The second-order valence-electron chi connectivity index (χ2n) is 7.68. The van der Waals surface area contributed by atoms with E-state index in [1.807, 2.05) is 30.3 Å². The van der Waals surface area contributed by atoms with Crippen LogP contribution in [0.15, 0.2) is 65.6 Å². The number of methoxy groups -OCH3 is 1. The van der Waals surface area contributed by atoms with Gasteiger partial charge in [-0.25, -0.2) is 9.97 Å². The Morgan fingerprint density at radius 1 is 1.12 bits per heavy atom. The molecule has 0 radical (unpaired) electrons.